The first-order chi connectivity index (χ1) is 10.1. The van der Waals surface area contributed by atoms with E-state index in [1.54, 1.807) is 11.3 Å². The predicted molar refractivity (Wildman–Crippen MR) is 90.0 cm³/mol. The van der Waals surface area contributed by atoms with Gasteiger partial charge in [0, 0.05) is 10.9 Å². The Balaban J connectivity index is 1.97. The Morgan fingerprint density at radius 1 is 1.29 bits per heavy atom. The van der Waals surface area contributed by atoms with Crippen LogP contribution in [0.1, 0.15) is 55.5 Å². The summed E-state index contributed by atoms with van der Waals surface area (Å²) in [6.45, 7) is 2.30. The molecule has 2 heterocycles. The molecule has 4 rings (SSSR count). The Morgan fingerprint density at radius 3 is 2.81 bits per heavy atom. The Kier molecular flexibility index (Phi) is 3.30. The van der Waals surface area contributed by atoms with Crippen molar-refractivity contribution >= 4 is 33.8 Å². The van der Waals surface area contributed by atoms with Crippen LogP contribution in [-0.4, -0.2) is 9.55 Å². The van der Waals surface area contributed by atoms with Gasteiger partial charge in [-0.05, 0) is 55.8 Å². The summed E-state index contributed by atoms with van der Waals surface area (Å²) in [7, 11) is 0. The number of rotatable bonds is 1. The lowest BCUT2D eigenvalue weighted by Crippen LogP contribution is -2.25. The number of nitrogens with zero attached hydrogens (tertiary/aromatic N) is 1. The molecule has 2 aliphatic carbocycles. The molecule has 0 amide bonds. The molecule has 1 fully saturated rings. The molecule has 1 saturated carbocycles. The Labute approximate surface area is 133 Å². The number of fused-ring (bicyclic) bond motifs is 3. The number of hydrogen-bond acceptors (Lipinski definition) is 3. The topological polar surface area (TPSA) is 37.8 Å². The molecule has 0 aliphatic heterocycles. The van der Waals surface area contributed by atoms with Gasteiger partial charge in [-0.15, -0.1) is 11.3 Å². The van der Waals surface area contributed by atoms with Gasteiger partial charge in [-0.1, -0.05) is 19.8 Å². The summed E-state index contributed by atoms with van der Waals surface area (Å²) in [5.41, 5.74) is 1.46. The van der Waals surface area contributed by atoms with Crippen LogP contribution < -0.4 is 5.56 Å². The summed E-state index contributed by atoms with van der Waals surface area (Å²) in [6, 6.07) is 0.309. The monoisotopic (exact) mass is 320 g/mol. The molecule has 0 radical (unpaired) electrons. The minimum absolute atomic E-state index is 0.160. The number of hydrogen-bond donors (Lipinski definition) is 1. The number of thiophene rings is 1. The molecule has 2 aliphatic rings. The van der Waals surface area contributed by atoms with E-state index in [2.05, 4.69) is 11.9 Å². The second-order valence-electron chi connectivity index (χ2n) is 6.60. The molecule has 0 unspecified atom stereocenters. The standard InChI is InChI=1S/C16H20N2OS2/c1-9-6-7-11-12(8-9)21-14-13(11)15(19)18(16(20)17-14)10-4-2-3-5-10/h9-10H,2-8H2,1H3,(H,17,20)/t9-/m0/s1. The van der Waals surface area contributed by atoms with Gasteiger partial charge in [0.2, 0.25) is 0 Å². The van der Waals surface area contributed by atoms with E-state index in [4.69, 9.17) is 12.2 Å². The van der Waals surface area contributed by atoms with E-state index in [1.807, 2.05) is 4.57 Å². The predicted octanol–water partition coefficient (Wildman–Crippen LogP) is 4.36. The van der Waals surface area contributed by atoms with E-state index >= 15 is 0 Å². The second-order valence-corrected chi connectivity index (χ2v) is 8.09. The van der Waals surface area contributed by atoms with Crippen LogP contribution in [-0.2, 0) is 12.8 Å². The van der Waals surface area contributed by atoms with E-state index in [9.17, 15) is 4.79 Å². The van der Waals surface area contributed by atoms with Crippen LogP contribution in [0.3, 0.4) is 0 Å². The molecular weight excluding hydrogens is 300 g/mol. The fourth-order valence-corrected chi connectivity index (χ4v) is 5.73. The number of nitrogens with one attached hydrogen (secondary N) is 1. The highest BCUT2D eigenvalue weighted by atomic mass is 32.1. The summed E-state index contributed by atoms with van der Waals surface area (Å²) >= 11 is 7.23. The number of aromatic amines is 1. The zero-order chi connectivity index (χ0) is 14.6. The summed E-state index contributed by atoms with van der Waals surface area (Å²) in [5.74, 6) is 0.727. The van der Waals surface area contributed by atoms with Crippen molar-refractivity contribution in [3.8, 4) is 0 Å². The normalized spacial score (nSPS) is 22.8. The third-order valence-corrected chi connectivity index (χ3v) is 6.54. The highest BCUT2D eigenvalue weighted by molar-refractivity contribution is 7.71. The number of aromatic nitrogens is 2. The zero-order valence-electron chi connectivity index (χ0n) is 12.3. The van der Waals surface area contributed by atoms with Gasteiger partial charge < -0.3 is 4.98 Å². The van der Waals surface area contributed by atoms with Crippen LogP contribution in [0.25, 0.3) is 10.2 Å². The summed E-state index contributed by atoms with van der Waals surface area (Å²) in [4.78, 5) is 18.8. The van der Waals surface area contributed by atoms with Crippen molar-refractivity contribution in [1.29, 1.82) is 0 Å². The number of H-pyrrole nitrogens is 1. The molecule has 5 heteroatoms. The van der Waals surface area contributed by atoms with Gasteiger partial charge in [0.25, 0.3) is 5.56 Å². The quantitative estimate of drug-likeness (QED) is 0.793. The lowest BCUT2D eigenvalue weighted by Gasteiger charge is -2.18. The van der Waals surface area contributed by atoms with Crippen LogP contribution in [0.4, 0.5) is 0 Å². The van der Waals surface area contributed by atoms with Crippen molar-refractivity contribution < 1.29 is 0 Å². The fourth-order valence-electron chi connectivity index (χ4n) is 3.93. The highest BCUT2D eigenvalue weighted by Gasteiger charge is 2.25. The van der Waals surface area contributed by atoms with Crippen molar-refractivity contribution in [1.82, 2.24) is 9.55 Å². The summed E-state index contributed by atoms with van der Waals surface area (Å²) in [5, 5.41) is 0.933. The van der Waals surface area contributed by atoms with Gasteiger partial charge in [-0.2, -0.15) is 0 Å². The average molecular weight is 320 g/mol. The third kappa shape index (κ3) is 2.13. The third-order valence-electron chi connectivity index (χ3n) is 5.07. The van der Waals surface area contributed by atoms with Crippen LogP contribution >= 0.6 is 23.6 Å². The molecule has 0 spiro atoms. The van der Waals surface area contributed by atoms with E-state index in [0.717, 1.165) is 41.8 Å². The molecule has 0 saturated heterocycles. The van der Waals surface area contributed by atoms with Gasteiger partial charge in [0.1, 0.15) is 4.83 Å². The number of aryl methyl sites for hydroxylation is 1. The Morgan fingerprint density at radius 2 is 2.05 bits per heavy atom. The first-order valence-corrected chi connectivity index (χ1v) is 9.16. The van der Waals surface area contributed by atoms with Gasteiger partial charge in [-0.3, -0.25) is 9.36 Å². The van der Waals surface area contributed by atoms with E-state index in [-0.39, 0.29) is 5.56 Å². The van der Waals surface area contributed by atoms with E-state index in [1.165, 1.54) is 29.7 Å². The van der Waals surface area contributed by atoms with Crippen molar-refractivity contribution in [3.63, 3.8) is 0 Å². The minimum Gasteiger partial charge on any atom is -0.323 e. The maximum absolute atomic E-state index is 13.0. The first-order valence-electron chi connectivity index (χ1n) is 7.94. The lowest BCUT2D eigenvalue weighted by molar-refractivity contribution is 0.491. The van der Waals surface area contributed by atoms with Crippen molar-refractivity contribution in [2.75, 3.05) is 0 Å². The van der Waals surface area contributed by atoms with Crippen molar-refractivity contribution in [2.24, 2.45) is 5.92 Å². The van der Waals surface area contributed by atoms with E-state index in [0.29, 0.717) is 10.8 Å². The maximum atomic E-state index is 13.0. The molecular formula is C16H20N2OS2. The van der Waals surface area contributed by atoms with Crippen LogP contribution in [0.2, 0.25) is 0 Å². The Bertz CT molecular complexity index is 808. The molecule has 1 N–H and O–H groups in total. The largest absolute Gasteiger partial charge is 0.323 e. The summed E-state index contributed by atoms with van der Waals surface area (Å²) in [6.07, 6.45) is 7.95. The van der Waals surface area contributed by atoms with Gasteiger partial charge in [0.05, 0.1) is 5.39 Å². The second kappa shape index (κ2) is 5.06. The fraction of sp³-hybridized carbons (Fsp3) is 0.625. The average Bonchev–Trinajstić information content (AvgIpc) is 3.05. The molecule has 3 nitrogen and oxygen atoms in total. The van der Waals surface area contributed by atoms with Crippen molar-refractivity contribution in [2.45, 2.75) is 57.9 Å². The van der Waals surface area contributed by atoms with Gasteiger partial charge >= 0.3 is 0 Å². The smallest absolute Gasteiger partial charge is 0.263 e. The van der Waals surface area contributed by atoms with Crippen LogP contribution in [0.5, 0.6) is 0 Å². The van der Waals surface area contributed by atoms with Crippen LogP contribution in [0.15, 0.2) is 4.79 Å². The molecule has 112 valence electrons. The molecule has 21 heavy (non-hydrogen) atoms. The molecule has 2 aromatic heterocycles. The van der Waals surface area contributed by atoms with Gasteiger partial charge in [-0.25, -0.2) is 0 Å². The molecule has 1 atom stereocenters. The molecule has 0 bridgehead atoms. The lowest BCUT2D eigenvalue weighted by atomic mass is 9.89. The minimum atomic E-state index is 0.160. The van der Waals surface area contributed by atoms with Crippen LogP contribution in [0, 0.1) is 10.7 Å². The molecule has 0 aromatic carbocycles. The maximum Gasteiger partial charge on any atom is 0.263 e. The Hall–Kier alpha value is -0.940. The first kappa shape index (κ1) is 13.7. The zero-order valence-corrected chi connectivity index (χ0v) is 13.9. The van der Waals surface area contributed by atoms with Crippen molar-refractivity contribution in [3.05, 3.63) is 25.6 Å². The molecule has 2 aromatic rings. The SMILES string of the molecule is C[C@H]1CCc2c(sc3[nH]c(=S)n(C4CCCC4)c(=O)c23)C1. The van der Waals surface area contributed by atoms with Gasteiger partial charge in [0.15, 0.2) is 4.77 Å². The highest BCUT2D eigenvalue weighted by Crippen LogP contribution is 2.36. The van der Waals surface area contributed by atoms with E-state index < -0.39 is 0 Å². The summed E-state index contributed by atoms with van der Waals surface area (Å²) < 4.78 is 2.49.